The van der Waals surface area contributed by atoms with Gasteiger partial charge in [0.05, 0.1) is 5.41 Å². The largest absolute Gasteiger partial charge is 0.349 e. The van der Waals surface area contributed by atoms with Crippen LogP contribution in [0.2, 0.25) is 0 Å². The first-order chi connectivity index (χ1) is 13.8. The maximum atomic E-state index is 12.8. The van der Waals surface area contributed by atoms with Crippen LogP contribution in [-0.4, -0.2) is 46.0 Å². The molecule has 2 aromatic rings. The van der Waals surface area contributed by atoms with Crippen LogP contribution >= 0.6 is 0 Å². The van der Waals surface area contributed by atoms with Gasteiger partial charge in [0.15, 0.2) is 5.82 Å². The fraction of sp³-hybridized carbons (Fsp3) is 0.545. The number of fused-ring (bicyclic) bond motifs is 1. The summed E-state index contributed by atoms with van der Waals surface area (Å²) < 4.78 is 5.58. The van der Waals surface area contributed by atoms with Crippen LogP contribution in [-0.2, 0) is 10.2 Å². The lowest BCUT2D eigenvalue weighted by Gasteiger charge is -2.26. The molecule has 2 amide bonds. The van der Waals surface area contributed by atoms with Crippen molar-refractivity contribution in [3.63, 3.8) is 0 Å². The van der Waals surface area contributed by atoms with Crippen molar-refractivity contribution in [2.75, 3.05) is 13.1 Å². The highest BCUT2D eigenvalue weighted by Crippen LogP contribution is 2.50. The average molecular weight is 396 g/mol. The Hall–Kier alpha value is -2.70. The van der Waals surface area contributed by atoms with Gasteiger partial charge in [0.1, 0.15) is 0 Å². The maximum absolute atomic E-state index is 12.8. The summed E-state index contributed by atoms with van der Waals surface area (Å²) >= 11 is 0. The molecule has 29 heavy (non-hydrogen) atoms. The molecule has 154 valence electrons. The van der Waals surface area contributed by atoms with Crippen LogP contribution in [0.15, 0.2) is 28.8 Å². The van der Waals surface area contributed by atoms with Crippen molar-refractivity contribution in [1.82, 2.24) is 20.4 Å². The molecule has 1 aliphatic heterocycles. The van der Waals surface area contributed by atoms with Gasteiger partial charge in [-0.15, -0.1) is 0 Å². The Balaban J connectivity index is 1.56. The number of amides is 2. The third kappa shape index (κ3) is 3.54. The van der Waals surface area contributed by atoms with Crippen molar-refractivity contribution in [2.45, 2.75) is 52.0 Å². The van der Waals surface area contributed by atoms with E-state index in [1.54, 1.807) is 6.92 Å². The molecular formula is C22H28N4O3. The van der Waals surface area contributed by atoms with Crippen molar-refractivity contribution in [3.8, 4) is 0 Å². The fourth-order valence-electron chi connectivity index (χ4n) is 4.90. The number of rotatable bonds is 4. The Labute approximate surface area is 170 Å². The first kappa shape index (κ1) is 19.6. The van der Waals surface area contributed by atoms with E-state index in [9.17, 15) is 9.59 Å². The van der Waals surface area contributed by atoms with E-state index in [4.69, 9.17) is 4.52 Å². The predicted octanol–water partition coefficient (Wildman–Crippen LogP) is 2.63. The third-order valence-corrected chi connectivity index (χ3v) is 6.25. The summed E-state index contributed by atoms with van der Waals surface area (Å²) in [5, 5.41) is 7.17. The van der Waals surface area contributed by atoms with Crippen molar-refractivity contribution in [3.05, 3.63) is 47.1 Å². The molecular weight excluding hydrogens is 368 g/mol. The van der Waals surface area contributed by atoms with Gasteiger partial charge in [-0.1, -0.05) is 36.7 Å². The van der Waals surface area contributed by atoms with Crippen LogP contribution in [0.25, 0.3) is 0 Å². The number of aromatic nitrogens is 2. The molecule has 2 aliphatic rings. The number of hydrogen-bond donors (Lipinski definition) is 1. The molecule has 1 N–H and O–H groups in total. The van der Waals surface area contributed by atoms with Crippen molar-refractivity contribution >= 4 is 11.8 Å². The van der Waals surface area contributed by atoms with Crippen molar-refractivity contribution in [2.24, 2.45) is 11.8 Å². The second-order valence-electron chi connectivity index (χ2n) is 8.85. The third-order valence-electron chi connectivity index (χ3n) is 6.25. The number of benzene rings is 1. The quantitative estimate of drug-likeness (QED) is 0.858. The second-order valence-corrected chi connectivity index (χ2v) is 8.85. The zero-order valence-corrected chi connectivity index (χ0v) is 17.4. The molecule has 1 aromatic heterocycles. The van der Waals surface area contributed by atoms with Gasteiger partial charge in [-0.3, -0.25) is 9.59 Å². The molecule has 7 nitrogen and oxygen atoms in total. The summed E-state index contributed by atoms with van der Waals surface area (Å²) in [4.78, 5) is 31.8. The summed E-state index contributed by atoms with van der Waals surface area (Å²) in [5.74, 6) is 1.40. The van der Waals surface area contributed by atoms with Crippen LogP contribution in [0.5, 0.6) is 0 Å². The molecule has 1 saturated heterocycles. The van der Waals surface area contributed by atoms with Gasteiger partial charge in [0, 0.05) is 30.6 Å². The van der Waals surface area contributed by atoms with E-state index in [1.807, 2.05) is 49.9 Å². The minimum absolute atomic E-state index is 0.0107. The van der Waals surface area contributed by atoms with Gasteiger partial charge in [-0.2, -0.15) is 4.98 Å². The molecule has 0 spiro atoms. The first-order valence-corrected chi connectivity index (χ1v) is 10.3. The number of hydrogen-bond acceptors (Lipinski definition) is 5. The van der Waals surface area contributed by atoms with Crippen LogP contribution in [0.4, 0.5) is 0 Å². The van der Waals surface area contributed by atoms with Crippen LogP contribution < -0.4 is 5.32 Å². The van der Waals surface area contributed by atoms with E-state index in [1.165, 1.54) is 0 Å². The topological polar surface area (TPSA) is 88.3 Å². The fourth-order valence-corrected chi connectivity index (χ4v) is 4.90. The highest BCUT2D eigenvalue weighted by molar-refractivity contribution is 5.94. The van der Waals surface area contributed by atoms with E-state index in [-0.39, 0.29) is 29.7 Å². The summed E-state index contributed by atoms with van der Waals surface area (Å²) in [5.41, 5.74) is 1.33. The minimum Gasteiger partial charge on any atom is -0.349 e. The Kier molecular flexibility index (Phi) is 4.92. The second kappa shape index (κ2) is 7.28. The molecule has 0 unspecified atom stereocenters. The van der Waals surface area contributed by atoms with Crippen molar-refractivity contribution < 1.29 is 14.1 Å². The number of nitrogens with one attached hydrogen (secondary N) is 1. The molecule has 4 rings (SSSR count). The molecule has 1 aliphatic carbocycles. The van der Waals surface area contributed by atoms with E-state index in [2.05, 4.69) is 15.5 Å². The Bertz CT molecular complexity index is 938. The molecule has 1 aromatic carbocycles. The summed E-state index contributed by atoms with van der Waals surface area (Å²) in [6.45, 7) is 8.85. The van der Waals surface area contributed by atoms with Gasteiger partial charge in [-0.25, -0.2) is 0 Å². The number of likely N-dealkylation sites (tertiary alicyclic amines) is 1. The molecule has 7 heteroatoms. The van der Waals surface area contributed by atoms with Crippen LogP contribution in [0.1, 0.15) is 54.3 Å². The summed E-state index contributed by atoms with van der Waals surface area (Å²) in [7, 11) is 0. The standard InChI is InChI=1S/C22H28N4O3/c1-13(2)20(28)26-11-17-9-18(24-19(27)16-7-5-6-14(3)8-16)10-22(17,12-26)21-23-15(4)25-29-21/h5-8,13,17-18H,9-12H2,1-4H3,(H,24,27)/t17-,18+,22-/m0/s1. The van der Waals surface area contributed by atoms with Crippen LogP contribution in [0.3, 0.4) is 0 Å². The zero-order chi connectivity index (χ0) is 20.8. The lowest BCUT2D eigenvalue weighted by molar-refractivity contribution is -0.133. The number of carbonyl (C=O) groups is 2. The Morgan fingerprint density at radius 1 is 1.31 bits per heavy atom. The summed E-state index contributed by atoms with van der Waals surface area (Å²) in [6, 6.07) is 7.61. The normalized spacial score (nSPS) is 26.0. The molecule has 1 saturated carbocycles. The molecule has 2 fully saturated rings. The molecule has 0 bridgehead atoms. The molecule has 0 radical (unpaired) electrons. The van der Waals surface area contributed by atoms with E-state index < -0.39 is 5.41 Å². The monoisotopic (exact) mass is 396 g/mol. The first-order valence-electron chi connectivity index (χ1n) is 10.3. The van der Waals surface area contributed by atoms with Gasteiger partial charge in [0.2, 0.25) is 11.8 Å². The number of nitrogens with zero attached hydrogens (tertiary/aromatic N) is 3. The van der Waals surface area contributed by atoms with E-state index >= 15 is 0 Å². The van der Waals surface area contributed by atoms with E-state index in [0.717, 1.165) is 12.0 Å². The zero-order valence-electron chi connectivity index (χ0n) is 17.4. The highest BCUT2D eigenvalue weighted by atomic mass is 16.5. The maximum Gasteiger partial charge on any atom is 0.251 e. The van der Waals surface area contributed by atoms with Gasteiger partial charge < -0.3 is 14.7 Å². The average Bonchev–Trinajstić information content (AvgIpc) is 3.33. The smallest absolute Gasteiger partial charge is 0.251 e. The SMILES string of the molecule is Cc1cccc(C(=O)N[C@@H]2C[C@H]3CN(C(=O)C(C)C)C[C@@]3(c3nc(C)no3)C2)c1. The summed E-state index contributed by atoms with van der Waals surface area (Å²) in [6.07, 6.45) is 1.49. The Morgan fingerprint density at radius 3 is 2.76 bits per heavy atom. The van der Waals surface area contributed by atoms with Crippen LogP contribution in [0, 0.1) is 25.7 Å². The molecule has 2 heterocycles. The molecule has 3 atom stereocenters. The van der Waals surface area contributed by atoms with Gasteiger partial charge >= 0.3 is 0 Å². The highest BCUT2D eigenvalue weighted by Gasteiger charge is 2.58. The Morgan fingerprint density at radius 2 is 2.10 bits per heavy atom. The minimum atomic E-state index is -0.392. The number of aryl methyl sites for hydroxylation is 2. The lowest BCUT2D eigenvalue weighted by Crippen LogP contribution is -2.40. The number of carbonyl (C=O) groups excluding carboxylic acids is 2. The lowest BCUT2D eigenvalue weighted by atomic mass is 9.80. The van der Waals surface area contributed by atoms with E-state index in [0.29, 0.717) is 36.8 Å². The predicted molar refractivity (Wildman–Crippen MR) is 107 cm³/mol. The van der Waals surface area contributed by atoms with Gasteiger partial charge in [-0.05, 0) is 44.7 Å². The van der Waals surface area contributed by atoms with Crippen molar-refractivity contribution in [1.29, 1.82) is 0 Å². The van der Waals surface area contributed by atoms with Gasteiger partial charge in [0.25, 0.3) is 5.91 Å².